The Morgan fingerprint density at radius 2 is 1.95 bits per heavy atom. The highest BCUT2D eigenvalue weighted by Gasteiger charge is 2.54. The van der Waals surface area contributed by atoms with Gasteiger partial charge >= 0.3 is 17.9 Å². The van der Waals surface area contributed by atoms with Gasteiger partial charge in [0.1, 0.15) is 29.3 Å². The summed E-state index contributed by atoms with van der Waals surface area (Å²) in [5.41, 5.74) is 4.38. The number of aromatic nitrogens is 2. The van der Waals surface area contributed by atoms with Crippen molar-refractivity contribution >= 4 is 63.9 Å². The van der Waals surface area contributed by atoms with Gasteiger partial charge in [0.15, 0.2) is 5.13 Å². The van der Waals surface area contributed by atoms with Crippen molar-refractivity contribution in [2.75, 3.05) is 18.1 Å². The van der Waals surface area contributed by atoms with E-state index in [9.17, 15) is 29.1 Å². The minimum Gasteiger partial charge on any atom is -0.477 e. The van der Waals surface area contributed by atoms with Gasteiger partial charge in [-0.15, -0.1) is 11.8 Å². The first kappa shape index (κ1) is 30.8. The number of β-lactam (4-membered cyclic amide) rings is 1. The van der Waals surface area contributed by atoms with E-state index in [0.29, 0.717) is 0 Å². The number of esters is 2. The predicted octanol–water partition coefficient (Wildman–Crippen LogP) is 0.509. The third-order valence-corrected chi connectivity index (χ3v) is 7.24. The molecule has 1 aromatic heterocycles. The molecule has 17 heteroatoms. The lowest BCUT2D eigenvalue weighted by atomic mass is 10.0. The van der Waals surface area contributed by atoms with Crippen LogP contribution in [0.1, 0.15) is 47.4 Å². The highest BCUT2D eigenvalue weighted by molar-refractivity contribution is 8.00. The second-order valence-electron chi connectivity index (χ2n) is 10.1. The minimum absolute atomic E-state index is 0.0355. The molecular weight excluding hydrogens is 568 g/mol. The smallest absolute Gasteiger partial charge is 0.352 e. The number of carboxylic acids is 1. The quantitative estimate of drug-likeness (QED) is 0.145. The molecule has 1 unspecified atom stereocenters. The largest absolute Gasteiger partial charge is 0.477 e. The molecule has 1 aromatic rings. The van der Waals surface area contributed by atoms with E-state index < -0.39 is 58.6 Å². The van der Waals surface area contributed by atoms with Crippen molar-refractivity contribution in [3.8, 4) is 0 Å². The summed E-state index contributed by atoms with van der Waals surface area (Å²) in [7, 11) is 0. The normalized spacial score (nSPS) is 19.9. The van der Waals surface area contributed by atoms with Crippen LogP contribution in [0, 0.1) is 5.92 Å². The number of nitrogens with two attached hydrogens (primary N) is 1. The summed E-state index contributed by atoms with van der Waals surface area (Å²) >= 11 is 1.98. The highest BCUT2D eigenvalue weighted by atomic mass is 32.2. The molecule has 2 aliphatic heterocycles. The molecule has 2 amide bonds. The molecule has 3 rings (SSSR count). The average molecular weight is 599 g/mol. The van der Waals surface area contributed by atoms with E-state index in [1.165, 1.54) is 18.7 Å². The number of nitrogen functional groups attached to an aromatic ring is 1. The number of carbonyl (C=O) groups excluding carboxylic acids is 4. The van der Waals surface area contributed by atoms with Gasteiger partial charge in [-0.2, -0.15) is 9.36 Å². The van der Waals surface area contributed by atoms with Crippen molar-refractivity contribution in [1.82, 2.24) is 19.6 Å². The van der Waals surface area contributed by atoms with Crippen LogP contribution >= 0.6 is 23.3 Å². The summed E-state index contributed by atoms with van der Waals surface area (Å²) in [5, 5.41) is 15.4. The van der Waals surface area contributed by atoms with Crippen LogP contribution in [0.3, 0.4) is 0 Å². The molecule has 1 saturated heterocycles. The molecule has 218 valence electrons. The average Bonchev–Trinajstić information content (AvgIpc) is 3.26. The van der Waals surface area contributed by atoms with E-state index in [1.54, 1.807) is 34.6 Å². The van der Waals surface area contributed by atoms with Gasteiger partial charge in [0.05, 0.1) is 0 Å². The number of carboxylic acid groups (broad SMARTS) is 1. The van der Waals surface area contributed by atoms with Crippen molar-refractivity contribution in [1.29, 1.82) is 0 Å². The van der Waals surface area contributed by atoms with Crippen LogP contribution in [-0.4, -0.2) is 90.3 Å². The van der Waals surface area contributed by atoms with Gasteiger partial charge in [0, 0.05) is 35.7 Å². The van der Waals surface area contributed by atoms with Crippen molar-refractivity contribution < 1.29 is 43.4 Å². The Hall–Kier alpha value is -3.73. The summed E-state index contributed by atoms with van der Waals surface area (Å²) < 4.78 is 14.3. The SMILES string of the molecule is CC(=O)OCC1=C(C(=O)O)N2C(=O)[C@@H](NC(=O)C(=NOC(C(=O)OC(C)(C)C)C(C)C)c3nsc(N)n3)[C@H]2SC1. The van der Waals surface area contributed by atoms with Crippen molar-refractivity contribution in [3.63, 3.8) is 0 Å². The lowest BCUT2D eigenvalue weighted by Crippen LogP contribution is -2.71. The Morgan fingerprint density at radius 1 is 1.27 bits per heavy atom. The van der Waals surface area contributed by atoms with Crippen molar-refractivity contribution in [3.05, 3.63) is 17.1 Å². The second kappa shape index (κ2) is 12.2. The van der Waals surface area contributed by atoms with Gasteiger partial charge in [0.25, 0.3) is 11.8 Å². The number of aliphatic carboxylic acids is 1. The van der Waals surface area contributed by atoms with Crippen molar-refractivity contribution in [2.45, 2.75) is 64.7 Å². The fourth-order valence-corrected chi connectivity index (χ4v) is 5.38. The molecule has 0 aliphatic carbocycles. The Kier molecular flexibility index (Phi) is 9.40. The molecule has 0 radical (unpaired) electrons. The number of hydrogen-bond acceptors (Lipinski definition) is 14. The Balaban J connectivity index is 1.83. The molecular formula is C23H30N6O9S2. The van der Waals surface area contributed by atoms with Crippen LogP contribution in [0.25, 0.3) is 0 Å². The molecule has 0 aromatic carbocycles. The summed E-state index contributed by atoms with van der Waals surface area (Å²) in [5.74, 6) is -4.70. The zero-order valence-electron chi connectivity index (χ0n) is 22.6. The molecule has 0 spiro atoms. The van der Waals surface area contributed by atoms with Gasteiger partial charge in [-0.25, -0.2) is 9.59 Å². The zero-order chi connectivity index (χ0) is 29.9. The minimum atomic E-state index is -1.37. The van der Waals surface area contributed by atoms with Gasteiger partial charge in [-0.1, -0.05) is 19.0 Å². The van der Waals surface area contributed by atoms with Gasteiger partial charge in [-0.3, -0.25) is 19.3 Å². The number of oxime groups is 1. The lowest BCUT2D eigenvalue weighted by Gasteiger charge is -2.49. The van der Waals surface area contributed by atoms with E-state index in [1.807, 2.05) is 0 Å². The number of thioether (sulfide) groups is 1. The first-order chi connectivity index (χ1) is 18.6. The second-order valence-corrected chi connectivity index (χ2v) is 12.0. The summed E-state index contributed by atoms with van der Waals surface area (Å²) in [4.78, 5) is 72.5. The van der Waals surface area contributed by atoms with Crippen LogP contribution in [0.5, 0.6) is 0 Å². The van der Waals surface area contributed by atoms with E-state index in [2.05, 4.69) is 19.8 Å². The molecule has 0 bridgehead atoms. The molecule has 3 heterocycles. The molecule has 0 saturated carbocycles. The predicted molar refractivity (Wildman–Crippen MR) is 143 cm³/mol. The zero-order valence-corrected chi connectivity index (χ0v) is 24.3. The summed E-state index contributed by atoms with van der Waals surface area (Å²) in [6.07, 6.45) is -1.17. The number of nitrogens with zero attached hydrogens (tertiary/aromatic N) is 4. The topological polar surface area (TPSA) is 213 Å². The molecule has 2 aliphatic rings. The third kappa shape index (κ3) is 7.07. The van der Waals surface area contributed by atoms with Crippen LogP contribution in [-0.2, 0) is 38.3 Å². The molecule has 40 heavy (non-hydrogen) atoms. The fourth-order valence-electron chi connectivity index (χ4n) is 3.61. The van der Waals surface area contributed by atoms with E-state index in [0.717, 1.165) is 16.4 Å². The number of ether oxygens (including phenoxy) is 2. The molecule has 1 fully saturated rings. The number of carbonyl (C=O) groups is 5. The lowest BCUT2D eigenvalue weighted by molar-refractivity contribution is -0.171. The molecule has 4 N–H and O–H groups in total. The monoisotopic (exact) mass is 598 g/mol. The number of amides is 2. The van der Waals surface area contributed by atoms with Crippen LogP contribution in [0.15, 0.2) is 16.4 Å². The number of fused-ring (bicyclic) bond motifs is 1. The Morgan fingerprint density at radius 3 is 2.48 bits per heavy atom. The maximum Gasteiger partial charge on any atom is 0.352 e. The maximum atomic E-state index is 13.3. The first-order valence-corrected chi connectivity index (χ1v) is 13.8. The summed E-state index contributed by atoms with van der Waals surface area (Å²) in [6.45, 7) is 9.39. The van der Waals surface area contributed by atoms with Crippen LogP contribution in [0.4, 0.5) is 5.13 Å². The third-order valence-electron chi connectivity index (χ3n) is 5.36. The van der Waals surface area contributed by atoms with Crippen LogP contribution in [0.2, 0.25) is 0 Å². The number of rotatable bonds is 10. The van der Waals surface area contributed by atoms with Gasteiger partial charge < -0.3 is 30.5 Å². The van der Waals surface area contributed by atoms with Gasteiger partial charge in [-0.05, 0) is 20.8 Å². The Labute approximate surface area is 237 Å². The number of anilines is 1. The van der Waals surface area contributed by atoms with Crippen LogP contribution < -0.4 is 11.1 Å². The summed E-state index contributed by atoms with van der Waals surface area (Å²) in [6, 6.07) is -1.12. The van der Waals surface area contributed by atoms with E-state index >= 15 is 0 Å². The fraction of sp³-hybridized carbons (Fsp3) is 0.565. The van der Waals surface area contributed by atoms with Crippen molar-refractivity contribution in [2.24, 2.45) is 11.1 Å². The molecule has 3 atom stereocenters. The Bertz CT molecular complexity index is 1270. The first-order valence-electron chi connectivity index (χ1n) is 12.0. The van der Waals surface area contributed by atoms with E-state index in [4.69, 9.17) is 20.0 Å². The number of nitrogens with one attached hydrogen (secondary N) is 1. The standard InChI is InChI=1S/C23H30N6O9S2/c1-9(2)15(21(35)37-23(4,5)6)38-27-12(16-26-22(24)40-28-16)17(31)25-13-18(32)29-14(20(33)34)11(7-36-10(3)30)8-39-19(13)29/h9,13,15,19H,7-8H2,1-6H3,(H,25,31)(H,33,34)(H2,24,26,28)/t13-,15?,19-/m1/s1. The number of hydrogen-bond donors (Lipinski definition) is 3. The van der Waals surface area contributed by atoms with Gasteiger partial charge in [0.2, 0.25) is 17.6 Å². The maximum absolute atomic E-state index is 13.3. The molecule has 15 nitrogen and oxygen atoms in total. The van der Waals surface area contributed by atoms with E-state index in [-0.39, 0.29) is 40.5 Å². The highest BCUT2D eigenvalue weighted by Crippen LogP contribution is 2.40.